The fourth-order valence-electron chi connectivity index (χ4n) is 3.20. The van der Waals surface area contributed by atoms with Crippen LogP contribution < -0.4 is 0 Å². The minimum absolute atomic E-state index is 0.0614. The van der Waals surface area contributed by atoms with Gasteiger partial charge in [-0.25, -0.2) is 26.2 Å². The first kappa shape index (κ1) is 22.3. The van der Waals surface area contributed by atoms with Gasteiger partial charge in [0.25, 0.3) is 0 Å². The van der Waals surface area contributed by atoms with Crippen molar-refractivity contribution >= 4 is 31.0 Å². The molecule has 0 unspecified atom stereocenters. The van der Waals surface area contributed by atoms with E-state index in [0.717, 1.165) is 23.2 Å². The Kier molecular flexibility index (Phi) is 5.74. The Morgan fingerprint density at radius 3 is 2.09 bits per heavy atom. The van der Waals surface area contributed by atoms with Crippen molar-refractivity contribution in [3.05, 3.63) is 84.2 Å². The molecular weight excluding hydrogens is 469 g/mol. The van der Waals surface area contributed by atoms with E-state index in [0.29, 0.717) is 16.0 Å². The van der Waals surface area contributed by atoms with Crippen LogP contribution in [0, 0.1) is 12.7 Å². The highest BCUT2D eigenvalue weighted by Crippen LogP contribution is 2.42. The van der Waals surface area contributed by atoms with Crippen LogP contribution in [0.2, 0.25) is 0 Å². The molecule has 0 amide bonds. The monoisotopic (exact) mass is 487 g/mol. The zero-order valence-corrected chi connectivity index (χ0v) is 19.6. The Labute approximate surface area is 190 Å². The van der Waals surface area contributed by atoms with E-state index in [4.69, 9.17) is 0 Å². The van der Waals surface area contributed by atoms with Crippen LogP contribution in [0.15, 0.2) is 86.9 Å². The molecule has 0 atom stereocenters. The summed E-state index contributed by atoms with van der Waals surface area (Å²) < 4.78 is 64.7. The van der Waals surface area contributed by atoms with Crippen molar-refractivity contribution in [2.24, 2.45) is 0 Å². The van der Waals surface area contributed by atoms with E-state index >= 15 is 0 Å². The second-order valence-corrected chi connectivity index (χ2v) is 12.4. The van der Waals surface area contributed by atoms with Gasteiger partial charge in [-0.2, -0.15) is 0 Å². The molecule has 3 aromatic carbocycles. The predicted molar refractivity (Wildman–Crippen MR) is 123 cm³/mol. The SMILES string of the molecule is Cc1ccc(S(=O)(=O)c2nc(-c3ccc(F)cc3)c(-c3ccccc3S(C)(=O)=O)s2)cc1. The third-order valence-corrected chi connectivity index (χ3v) is 9.21. The third kappa shape index (κ3) is 4.23. The van der Waals surface area contributed by atoms with Gasteiger partial charge in [-0.05, 0) is 49.4 Å². The van der Waals surface area contributed by atoms with Gasteiger partial charge >= 0.3 is 0 Å². The minimum Gasteiger partial charge on any atom is -0.224 e. The highest BCUT2D eigenvalue weighted by molar-refractivity contribution is 7.93. The van der Waals surface area contributed by atoms with Crippen molar-refractivity contribution in [2.45, 2.75) is 21.1 Å². The molecule has 0 aliphatic heterocycles. The molecule has 0 N–H and O–H groups in total. The quantitative estimate of drug-likeness (QED) is 0.388. The van der Waals surface area contributed by atoms with E-state index in [9.17, 15) is 21.2 Å². The Balaban J connectivity index is 1.99. The molecule has 4 aromatic rings. The Bertz CT molecular complexity index is 1510. The lowest BCUT2D eigenvalue weighted by molar-refractivity contribution is 0.595. The number of hydrogen-bond donors (Lipinski definition) is 0. The molecule has 32 heavy (non-hydrogen) atoms. The van der Waals surface area contributed by atoms with Gasteiger partial charge in [0.2, 0.25) is 14.2 Å². The van der Waals surface area contributed by atoms with Crippen LogP contribution >= 0.6 is 11.3 Å². The summed E-state index contributed by atoms with van der Waals surface area (Å²) in [5, 5.41) is 0. The molecule has 0 aliphatic rings. The topological polar surface area (TPSA) is 81.2 Å². The molecule has 9 heteroatoms. The van der Waals surface area contributed by atoms with Gasteiger partial charge in [0, 0.05) is 17.4 Å². The zero-order chi connectivity index (χ0) is 23.1. The van der Waals surface area contributed by atoms with Crippen LogP contribution in [0.25, 0.3) is 21.7 Å². The summed E-state index contributed by atoms with van der Waals surface area (Å²) in [7, 11) is -7.55. The maximum absolute atomic E-state index is 13.5. The number of benzene rings is 3. The van der Waals surface area contributed by atoms with E-state index in [1.807, 2.05) is 6.92 Å². The number of halogens is 1. The van der Waals surface area contributed by atoms with Gasteiger partial charge in [-0.1, -0.05) is 35.9 Å². The summed E-state index contributed by atoms with van der Waals surface area (Å²) in [4.78, 5) is 4.92. The van der Waals surface area contributed by atoms with E-state index in [2.05, 4.69) is 4.98 Å². The molecular formula is C23H18FNO4S3. The molecule has 0 aliphatic carbocycles. The van der Waals surface area contributed by atoms with Crippen molar-refractivity contribution in [1.82, 2.24) is 4.98 Å². The van der Waals surface area contributed by atoms with E-state index in [1.165, 1.54) is 42.5 Å². The van der Waals surface area contributed by atoms with Crippen LogP contribution in [0.4, 0.5) is 4.39 Å². The molecule has 1 aromatic heterocycles. The minimum atomic E-state index is -3.95. The average Bonchev–Trinajstić information content (AvgIpc) is 3.20. The van der Waals surface area contributed by atoms with Crippen LogP contribution in [-0.4, -0.2) is 28.1 Å². The summed E-state index contributed by atoms with van der Waals surface area (Å²) in [6.45, 7) is 1.85. The predicted octanol–water partition coefficient (Wildman–Crippen LogP) is 5.16. The lowest BCUT2D eigenvalue weighted by Gasteiger charge is -2.08. The molecule has 0 spiro atoms. The lowest BCUT2D eigenvalue weighted by atomic mass is 10.1. The van der Waals surface area contributed by atoms with Crippen LogP contribution in [0.3, 0.4) is 0 Å². The summed E-state index contributed by atoms with van der Waals surface area (Å²) in [6.07, 6.45) is 1.09. The fraction of sp³-hybridized carbons (Fsp3) is 0.0870. The van der Waals surface area contributed by atoms with Gasteiger partial charge < -0.3 is 0 Å². The standard InChI is InChI=1S/C23H18FNO4S3/c1-15-7-13-18(14-8-15)32(28,29)23-25-21(16-9-11-17(24)12-10-16)22(30-23)19-5-3-4-6-20(19)31(2,26)27/h3-14H,1-2H3. The number of rotatable bonds is 5. The molecule has 0 saturated heterocycles. The Morgan fingerprint density at radius 2 is 1.47 bits per heavy atom. The summed E-state index contributed by atoms with van der Waals surface area (Å²) in [5.74, 6) is -0.449. The number of thiazole rings is 1. The molecule has 5 nitrogen and oxygen atoms in total. The molecule has 0 saturated carbocycles. The Morgan fingerprint density at radius 1 is 0.844 bits per heavy atom. The zero-order valence-electron chi connectivity index (χ0n) is 17.1. The van der Waals surface area contributed by atoms with Crippen molar-refractivity contribution in [3.8, 4) is 21.7 Å². The van der Waals surface area contributed by atoms with Gasteiger partial charge in [-0.15, -0.1) is 11.3 Å². The smallest absolute Gasteiger partial charge is 0.224 e. The average molecular weight is 488 g/mol. The normalized spacial score (nSPS) is 12.1. The van der Waals surface area contributed by atoms with Crippen LogP contribution in [0.1, 0.15) is 5.56 Å². The van der Waals surface area contributed by atoms with E-state index in [1.54, 1.807) is 30.3 Å². The van der Waals surface area contributed by atoms with Crippen LogP contribution in [-0.2, 0) is 19.7 Å². The third-order valence-electron chi connectivity index (χ3n) is 4.82. The van der Waals surface area contributed by atoms with Crippen molar-refractivity contribution in [1.29, 1.82) is 0 Å². The van der Waals surface area contributed by atoms with Crippen molar-refractivity contribution < 1.29 is 21.2 Å². The lowest BCUT2D eigenvalue weighted by Crippen LogP contribution is -2.01. The van der Waals surface area contributed by atoms with Crippen molar-refractivity contribution in [2.75, 3.05) is 6.26 Å². The second kappa shape index (κ2) is 8.23. The van der Waals surface area contributed by atoms with Crippen molar-refractivity contribution in [3.63, 3.8) is 0 Å². The molecule has 4 rings (SSSR count). The molecule has 0 radical (unpaired) electrons. The van der Waals surface area contributed by atoms with Gasteiger partial charge in [0.1, 0.15) is 5.82 Å². The first-order valence-corrected chi connectivity index (χ1v) is 13.6. The maximum Gasteiger partial charge on any atom is 0.233 e. The number of hydrogen-bond acceptors (Lipinski definition) is 6. The van der Waals surface area contributed by atoms with E-state index in [-0.39, 0.29) is 19.8 Å². The van der Waals surface area contributed by atoms with Crippen LogP contribution in [0.5, 0.6) is 0 Å². The Hall–Kier alpha value is -2.88. The van der Waals surface area contributed by atoms with Gasteiger partial charge in [-0.3, -0.25) is 0 Å². The number of aromatic nitrogens is 1. The summed E-state index contributed by atoms with van der Waals surface area (Å²) >= 11 is 0.891. The summed E-state index contributed by atoms with van der Waals surface area (Å²) in [5.41, 5.74) is 2.01. The summed E-state index contributed by atoms with van der Waals surface area (Å²) in [6, 6.07) is 18.2. The first-order valence-electron chi connectivity index (χ1n) is 9.45. The highest BCUT2D eigenvalue weighted by Gasteiger charge is 2.27. The van der Waals surface area contributed by atoms with Gasteiger partial charge in [0.05, 0.1) is 20.4 Å². The molecule has 164 valence electrons. The largest absolute Gasteiger partial charge is 0.233 e. The van der Waals surface area contributed by atoms with Gasteiger partial charge in [0.15, 0.2) is 9.84 Å². The second-order valence-electron chi connectivity index (χ2n) is 7.25. The number of nitrogens with zero attached hydrogens (tertiary/aromatic N) is 1. The van der Waals surface area contributed by atoms with E-state index < -0.39 is 25.5 Å². The first-order chi connectivity index (χ1) is 15.1. The fourth-order valence-corrected chi connectivity index (χ4v) is 6.90. The number of aryl methyl sites for hydroxylation is 1. The highest BCUT2D eigenvalue weighted by atomic mass is 32.2. The molecule has 0 fully saturated rings. The molecule has 1 heterocycles. The number of sulfone groups is 2. The molecule has 0 bridgehead atoms. The maximum atomic E-state index is 13.5.